The minimum atomic E-state index is -0.486. The number of rotatable bonds is 3. The van der Waals surface area contributed by atoms with Crippen LogP contribution in [-0.4, -0.2) is 23.9 Å². The molecular weight excluding hydrogens is 262 g/mol. The highest BCUT2D eigenvalue weighted by Crippen LogP contribution is 2.35. The minimum Gasteiger partial charge on any atom is -0.493 e. The molecule has 1 saturated carbocycles. The molecule has 1 unspecified atom stereocenters. The molecule has 4 heteroatoms. The van der Waals surface area contributed by atoms with Crippen LogP contribution in [-0.2, 0) is 0 Å². The van der Waals surface area contributed by atoms with Gasteiger partial charge in [-0.25, -0.2) is 0 Å². The summed E-state index contributed by atoms with van der Waals surface area (Å²) in [6.45, 7) is 1.40. The first-order valence-corrected chi connectivity index (χ1v) is 7.42. The molecule has 1 aromatic rings. The average Bonchev–Trinajstić information content (AvgIpc) is 2.56. The fourth-order valence-electron chi connectivity index (χ4n) is 2.83. The van der Waals surface area contributed by atoms with Crippen LogP contribution in [0.4, 0.5) is 0 Å². The zero-order valence-electron chi connectivity index (χ0n) is 11.0. The Balaban J connectivity index is 1.74. The summed E-state index contributed by atoms with van der Waals surface area (Å²) in [6, 6.07) is 6.07. The van der Waals surface area contributed by atoms with Gasteiger partial charge in [-0.05, 0) is 44.2 Å². The zero-order chi connectivity index (χ0) is 13.3. The molecule has 0 saturated heterocycles. The number of ether oxygens (including phenoxy) is 1. The largest absolute Gasteiger partial charge is 0.493 e. The first-order valence-electron chi connectivity index (χ1n) is 7.04. The average molecular weight is 282 g/mol. The molecule has 0 radical (unpaired) electrons. The minimum absolute atomic E-state index is 0.249. The SMILES string of the molecule is OC1(CNC2CCCOc3cc(Cl)ccc32)CCC1. The number of nitrogens with one attached hydrogen (secondary N) is 1. The normalized spacial score (nSPS) is 24.8. The summed E-state index contributed by atoms with van der Waals surface area (Å²) >= 11 is 6.02. The van der Waals surface area contributed by atoms with Gasteiger partial charge in [-0.1, -0.05) is 17.7 Å². The van der Waals surface area contributed by atoms with Crippen molar-refractivity contribution in [2.24, 2.45) is 0 Å². The number of halogens is 1. The monoisotopic (exact) mass is 281 g/mol. The van der Waals surface area contributed by atoms with Crippen LogP contribution in [0.5, 0.6) is 5.75 Å². The molecule has 1 aliphatic heterocycles. The van der Waals surface area contributed by atoms with Crippen LogP contribution in [0, 0.1) is 0 Å². The lowest BCUT2D eigenvalue weighted by atomic mass is 9.80. The van der Waals surface area contributed by atoms with Crippen LogP contribution >= 0.6 is 11.6 Å². The second-order valence-electron chi connectivity index (χ2n) is 5.68. The molecule has 1 aromatic carbocycles. The van der Waals surface area contributed by atoms with E-state index in [4.69, 9.17) is 16.3 Å². The molecule has 3 nitrogen and oxygen atoms in total. The van der Waals surface area contributed by atoms with Crippen molar-refractivity contribution in [1.82, 2.24) is 5.32 Å². The lowest BCUT2D eigenvalue weighted by molar-refractivity contribution is -0.0334. The Labute approximate surface area is 118 Å². The van der Waals surface area contributed by atoms with Crippen LogP contribution in [0.15, 0.2) is 18.2 Å². The van der Waals surface area contributed by atoms with Gasteiger partial charge in [-0.15, -0.1) is 0 Å². The van der Waals surface area contributed by atoms with Crippen molar-refractivity contribution in [2.75, 3.05) is 13.2 Å². The van der Waals surface area contributed by atoms with Gasteiger partial charge in [0.25, 0.3) is 0 Å². The second kappa shape index (κ2) is 5.31. The zero-order valence-corrected chi connectivity index (χ0v) is 11.7. The van der Waals surface area contributed by atoms with Crippen LogP contribution in [0.2, 0.25) is 5.02 Å². The van der Waals surface area contributed by atoms with E-state index in [9.17, 15) is 5.11 Å². The van der Waals surface area contributed by atoms with Crippen molar-refractivity contribution in [2.45, 2.75) is 43.7 Å². The van der Waals surface area contributed by atoms with Crippen molar-refractivity contribution >= 4 is 11.6 Å². The summed E-state index contributed by atoms with van der Waals surface area (Å²) in [5.41, 5.74) is 0.671. The fraction of sp³-hybridized carbons (Fsp3) is 0.600. The van der Waals surface area contributed by atoms with Gasteiger partial charge in [0.2, 0.25) is 0 Å². The fourth-order valence-corrected chi connectivity index (χ4v) is 3.00. The van der Waals surface area contributed by atoms with Gasteiger partial charge in [0, 0.05) is 23.2 Å². The molecule has 1 fully saturated rings. The predicted octanol–water partition coefficient (Wildman–Crippen LogP) is 3.06. The molecule has 2 N–H and O–H groups in total. The van der Waals surface area contributed by atoms with Gasteiger partial charge < -0.3 is 15.2 Å². The summed E-state index contributed by atoms with van der Waals surface area (Å²) < 4.78 is 5.74. The van der Waals surface area contributed by atoms with E-state index in [0.717, 1.165) is 50.0 Å². The molecule has 0 aromatic heterocycles. The lowest BCUT2D eigenvalue weighted by Gasteiger charge is -2.38. The highest BCUT2D eigenvalue weighted by atomic mass is 35.5. The first kappa shape index (κ1) is 13.2. The lowest BCUT2D eigenvalue weighted by Crippen LogP contribution is -2.47. The van der Waals surface area contributed by atoms with E-state index >= 15 is 0 Å². The number of hydrogen-bond donors (Lipinski definition) is 2. The topological polar surface area (TPSA) is 41.5 Å². The van der Waals surface area contributed by atoms with Crippen LogP contribution in [0.3, 0.4) is 0 Å². The highest BCUT2D eigenvalue weighted by Gasteiger charge is 2.35. The first-order chi connectivity index (χ1) is 9.16. The van der Waals surface area contributed by atoms with E-state index in [0.29, 0.717) is 11.6 Å². The van der Waals surface area contributed by atoms with Gasteiger partial charge in [0.15, 0.2) is 0 Å². The Kier molecular flexibility index (Phi) is 3.70. The number of hydrogen-bond acceptors (Lipinski definition) is 3. The third-order valence-electron chi connectivity index (χ3n) is 4.21. The summed E-state index contributed by atoms with van der Waals surface area (Å²) in [6.07, 6.45) is 5.01. The summed E-state index contributed by atoms with van der Waals surface area (Å²) in [7, 11) is 0. The summed E-state index contributed by atoms with van der Waals surface area (Å²) in [5, 5.41) is 14.4. The molecule has 104 valence electrons. The number of fused-ring (bicyclic) bond motifs is 1. The van der Waals surface area contributed by atoms with Crippen molar-refractivity contribution in [3.8, 4) is 5.75 Å². The predicted molar refractivity (Wildman–Crippen MR) is 75.7 cm³/mol. The molecule has 3 rings (SSSR count). The molecule has 1 heterocycles. The molecule has 0 bridgehead atoms. The Hall–Kier alpha value is -0.770. The molecule has 0 spiro atoms. The molecule has 1 aliphatic carbocycles. The van der Waals surface area contributed by atoms with Crippen LogP contribution in [0.1, 0.15) is 43.7 Å². The molecule has 1 atom stereocenters. The van der Waals surface area contributed by atoms with Crippen LogP contribution < -0.4 is 10.1 Å². The second-order valence-corrected chi connectivity index (χ2v) is 6.12. The maximum absolute atomic E-state index is 10.2. The maximum Gasteiger partial charge on any atom is 0.125 e. The van der Waals surface area contributed by atoms with Crippen molar-refractivity contribution < 1.29 is 9.84 Å². The standard InChI is InChI=1S/C15H20ClNO2/c16-11-4-5-12-13(3-1-8-19-14(12)9-11)17-10-15(18)6-2-7-15/h4-5,9,13,17-18H,1-3,6-8,10H2. The Bertz CT molecular complexity index is 459. The Morgan fingerprint density at radius 3 is 2.95 bits per heavy atom. The molecule has 2 aliphatic rings. The van der Waals surface area contributed by atoms with E-state index in [1.165, 1.54) is 0 Å². The van der Waals surface area contributed by atoms with E-state index in [1.54, 1.807) is 0 Å². The molecule has 19 heavy (non-hydrogen) atoms. The van der Waals surface area contributed by atoms with E-state index in [1.807, 2.05) is 18.2 Å². The Morgan fingerprint density at radius 1 is 1.37 bits per heavy atom. The van der Waals surface area contributed by atoms with E-state index < -0.39 is 5.60 Å². The van der Waals surface area contributed by atoms with E-state index in [-0.39, 0.29) is 6.04 Å². The third-order valence-corrected chi connectivity index (χ3v) is 4.44. The van der Waals surface area contributed by atoms with Gasteiger partial charge in [-0.3, -0.25) is 0 Å². The van der Waals surface area contributed by atoms with Crippen LogP contribution in [0.25, 0.3) is 0 Å². The van der Waals surface area contributed by atoms with Crippen molar-refractivity contribution in [3.63, 3.8) is 0 Å². The number of benzene rings is 1. The van der Waals surface area contributed by atoms with E-state index in [2.05, 4.69) is 5.32 Å². The summed E-state index contributed by atoms with van der Waals surface area (Å²) in [5.74, 6) is 0.878. The maximum atomic E-state index is 10.2. The van der Waals surface area contributed by atoms with Gasteiger partial charge in [-0.2, -0.15) is 0 Å². The smallest absolute Gasteiger partial charge is 0.125 e. The van der Waals surface area contributed by atoms with Crippen molar-refractivity contribution in [1.29, 1.82) is 0 Å². The molecular formula is C15H20ClNO2. The highest BCUT2D eigenvalue weighted by molar-refractivity contribution is 6.30. The summed E-state index contributed by atoms with van der Waals surface area (Å²) in [4.78, 5) is 0. The quantitative estimate of drug-likeness (QED) is 0.895. The number of aliphatic hydroxyl groups is 1. The van der Waals surface area contributed by atoms with Gasteiger partial charge in [0.1, 0.15) is 5.75 Å². The third kappa shape index (κ3) is 2.88. The molecule has 0 amide bonds. The Morgan fingerprint density at radius 2 is 2.21 bits per heavy atom. The van der Waals surface area contributed by atoms with Gasteiger partial charge >= 0.3 is 0 Å². The van der Waals surface area contributed by atoms with Gasteiger partial charge in [0.05, 0.1) is 12.2 Å². The van der Waals surface area contributed by atoms with Crippen molar-refractivity contribution in [3.05, 3.63) is 28.8 Å².